The zero-order chi connectivity index (χ0) is 13.2. The van der Waals surface area contributed by atoms with Crippen LogP contribution in [0.25, 0.3) is 10.4 Å². The minimum absolute atomic E-state index is 0.203. The molecule has 0 heterocycles. The second-order valence-electron chi connectivity index (χ2n) is 3.83. The smallest absolute Gasteiger partial charge is 0.305 e. The molecule has 0 saturated heterocycles. The molecule has 0 aliphatic heterocycles. The van der Waals surface area contributed by atoms with Crippen LogP contribution < -0.4 is 0 Å². The van der Waals surface area contributed by atoms with Gasteiger partial charge in [-0.1, -0.05) is 35.4 Å². The van der Waals surface area contributed by atoms with Gasteiger partial charge in [-0.05, 0) is 30.9 Å². The highest BCUT2D eigenvalue weighted by Gasteiger charge is 2.10. The number of carbonyl (C=O) groups is 1. The Hall–Kier alpha value is -2.00. The van der Waals surface area contributed by atoms with Gasteiger partial charge in [0.25, 0.3) is 0 Å². The summed E-state index contributed by atoms with van der Waals surface area (Å²) in [6.45, 7) is 2.18. The molecule has 5 heteroatoms. The number of nitrogens with zero attached hydrogens (tertiary/aromatic N) is 3. The third-order valence-electron chi connectivity index (χ3n) is 2.54. The molecule has 0 fully saturated rings. The number of rotatable bonds is 7. The van der Waals surface area contributed by atoms with Crippen LogP contribution >= 0.6 is 0 Å². The summed E-state index contributed by atoms with van der Waals surface area (Å²) in [5, 5.41) is 3.77. The van der Waals surface area contributed by atoms with Gasteiger partial charge in [0.05, 0.1) is 12.6 Å². The highest BCUT2D eigenvalue weighted by molar-refractivity contribution is 5.69. The third kappa shape index (κ3) is 4.89. The second kappa shape index (κ2) is 8.14. The predicted octanol–water partition coefficient (Wildman–Crippen LogP) is 3.77. The first kappa shape index (κ1) is 14.1. The molecule has 5 nitrogen and oxygen atoms in total. The summed E-state index contributed by atoms with van der Waals surface area (Å²) in [7, 11) is 0. The molecule has 0 aromatic heterocycles. The number of hydrogen-bond acceptors (Lipinski definition) is 3. The van der Waals surface area contributed by atoms with Gasteiger partial charge in [-0.2, -0.15) is 0 Å². The van der Waals surface area contributed by atoms with Gasteiger partial charge in [0, 0.05) is 11.3 Å². The largest absolute Gasteiger partial charge is 0.466 e. The quantitative estimate of drug-likeness (QED) is 0.318. The lowest BCUT2D eigenvalue weighted by Gasteiger charge is -2.10. The summed E-state index contributed by atoms with van der Waals surface area (Å²) in [6.07, 6.45) is 1.66. The van der Waals surface area contributed by atoms with Gasteiger partial charge in [-0.15, -0.1) is 0 Å². The Morgan fingerprint density at radius 2 is 2.17 bits per heavy atom. The van der Waals surface area contributed by atoms with Gasteiger partial charge in [0.15, 0.2) is 0 Å². The molecule has 0 amide bonds. The highest BCUT2D eigenvalue weighted by atomic mass is 16.5. The fourth-order valence-electron chi connectivity index (χ4n) is 1.70. The van der Waals surface area contributed by atoms with E-state index in [1.165, 1.54) is 0 Å². The summed E-state index contributed by atoms with van der Waals surface area (Å²) in [6, 6.07) is 9.34. The second-order valence-corrected chi connectivity index (χ2v) is 3.83. The van der Waals surface area contributed by atoms with E-state index in [1.54, 1.807) is 6.92 Å². The Labute approximate surface area is 106 Å². The molecule has 1 rings (SSSR count). The van der Waals surface area contributed by atoms with Gasteiger partial charge in [0.1, 0.15) is 0 Å². The molecule has 1 atom stereocenters. The molecule has 1 aromatic carbocycles. The predicted molar refractivity (Wildman–Crippen MR) is 68.8 cm³/mol. The summed E-state index contributed by atoms with van der Waals surface area (Å²) >= 11 is 0. The molecule has 0 bridgehead atoms. The first-order valence-corrected chi connectivity index (χ1v) is 6.02. The van der Waals surface area contributed by atoms with Crippen molar-refractivity contribution in [2.24, 2.45) is 5.11 Å². The van der Waals surface area contributed by atoms with E-state index < -0.39 is 0 Å². The summed E-state index contributed by atoms with van der Waals surface area (Å²) in [5.74, 6) is -0.203. The lowest BCUT2D eigenvalue weighted by atomic mass is 10.0. The minimum atomic E-state index is -0.217. The van der Waals surface area contributed by atoms with E-state index in [9.17, 15) is 4.79 Å². The molecule has 18 heavy (non-hydrogen) atoms. The molecule has 0 N–H and O–H groups in total. The van der Waals surface area contributed by atoms with Crippen molar-refractivity contribution in [3.05, 3.63) is 46.3 Å². The van der Waals surface area contributed by atoms with Crippen molar-refractivity contribution in [3.63, 3.8) is 0 Å². The number of carbonyl (C=O) groups excluding carboxylic acids is 1. The van der Waals surface area contributed by atoms with Gasteiger partial charge in [0.2, 0.25) is 0 Å². The molecular formula is C13H17N3O2. The van der Waals surface area contributed by atoms with E-state index in [4.69, 9.17) is 10.3 Å². The number of hydrogen-bond donors (Lipinski definition) is 0. The van der Waals surface area contributed by atoms with Crippen LogP contribution in [0.5, 0.6) is 0 Å². The number of ether oxygens (including phenoxy) is 1. The van der Waals surface area contributed by atoms with Gasteiger partial charge < -0.3 is 4.74 Å². The van der Waals surface area contributed by atoms with Crippen LogP contribution in [0.15, 0.2) is 35.4 Å². The van der Waals surface area contributed by atoms with Crippen molar-refractivity contribution in [3.8, 4) is 0 Å². The summed E-state index contributed by atoms with van der Waals surface area (Å²) in [5.41, 5.74) is 9.53. The van der Waals surface area contributed by atoms with Crippen molar-refractivity contribution in [1.82, 2.24) is 0 Å². The SMILES string of the molecule is CCOC(=O)CCCC(N=[N+]=[N-])c1ccccc1. The van der Waals surface area contributed by atoms with E-state index in [2.05, 4.69) is 10.0 Å². The Kier molecular flexibility index (Phi) is 6.36. The maximum atomic E-state index is 11.2. The molecule has 0 aliphatic rings. The Balaban J connectivity index is 2.50. The van der Waals surface area contributed by atoms with E-state index >= 15 is 0 Å². The van der Waals surface area contributed by atoms with E-state index in [-0.39, 0.29) is 12.0 Å². The summed E-state index contributed by atoms with van der Waals surface area (Å²) in [4.78, 5) is 14.0. The lowest BCUT2D eigenvalue weighted by Crippen LogP contribution is -2.04. The van der Waals surface area contributed by atoms with Crippen molar-refractivity contribution in [1.29, 1.82) is 0 Å². The maximum absolute atomic E-state index is 11.2. The van der Waals surface area contributed by atoms with Crippen LogP contribution in [0.4, 0.5) is 0 Å². The van der Waals surface area contributed by atoms with Gasteiger partial charge >= 0.3 is 5.97 Å². The van der Waals surface area contributed by atoms with Crippen LogP contribution in [0.1, 0.15) is 37.8 Å². The zero-order valence-electron chi connectivity index (χ0n) is 10.5. The molecule has 0 radical (unpaired) electrons. The zero-order valence-corrected chi connectivity index (χ0v) is 10.5. The van der Waals surface area contributed by atoms with Crippen LogP contribution in [0, 0.1) is 0 Å². The van der Waals surface area contributed by atoms with Crippen molar-refractivity contribution in [2.75, 3.05) is 6.61 Å². The van der Waals surface area contributed by atoms with Crippen molar-refractivity contribution >= 4 is 5.97 Å². The van der Waals surface area contributed by atoms with Crippen LogP contribution in [0.3, 0.4) is 0 Å². The minimum Gasteiger partial charge on any atom is -0.466 e. The number of esters is 1. The van der Waals surface area contributed by atoms with Crippen LogP contribution in [-0.4, -0.2) is 12.6 Å². The standard InChI is InChI=1S/C13H17N3O2/c1-2-18-13(17)10-6-9-12(15-16-14)11-7-4-3-5-8-11/h3-5,7-8,12H,2,6,9-10H2,1H3. The average Bonchev–Trinajstić information content (AvgIpc) is 2.39. The number of azide groups is 1. The van der Waals surface area contributed by atoms with Crippen LogP contribution in [-0.2, 0) is 9.53 Å². The highest BCUT2D eigenvalue weighted by Crippen LogP contribution is 2.23. The Morgan fingerprint density at radius 3 is 2.78 bits per heavy atom. The normalized spacial score (nSPS) is 11.4. The Bertz CT molecular complexity index is 414. The molecule has 1 unspecified atom stereocenters. The van der Waals surface area contributed by atoms with Crippen molar-refractivity contribution < 1.29 is 9.53 Å². The van der Waals surface area contributed by atoms with Gasteiger partial charge in [-0.3, -0.25) is 4.79 Å². The topological polar surface area (TPSA) is 75.1 Å². The summed E-state index contributed by atoms with van der Waals surface area (Å²) < 4.78 is 4.85. The molecule has 96 valence electrons. The maximum Gasteiger partial charge on any atom is 0.305 e. The number of benzene rings is 1. The van der Waals surface area contributed by atoms with Gasteiger partial charge in [-0.25, -0.2) is 0 Å². The lowest BCUT2D eigenvalue weighted by molar-refractivity contribution is -0.143. The molecule has 0 aliphatic carbocycles. The molecule has 1 aromatic rings. The first-order chi connectivity index (χ1) is 8.77. The fourth-order valence-corrected chi connectivity index (χ4v) is 1.70. The fraction of sp³-hybridized carbons (Fsp3) is 0.462. The molecule has 0 spiro atoms. The van der Waals surface area contributed by atoms with E-state index in [0.717, 1.165) is 5.56 Å². The average molecular weight is 247 g/mol. The Morgan fingerprint density at radius 1 is 1.44 bits per heavy atom. The molecule has 0 saturated carbocycles. The van der Waals surface area contributed by atoms with Crippen molar-refractivity contribution in [2.45, 2.75) is 32.2 Å². The van der Waals surface area contributed by atoms with E-state index in [1.807, 2.05) is 30.3 Å². The van der Waals surface area contributed by atoms with E-state index in [0.29, 0.717) is 25.9 Å². The molecular weight excluding hydrogens is 230 g/mol. The monoisotopic (exact) mass is 247 g/mol. The first-order valence-electron chi connectivity index (χ1n) is 6.02. The third-order valence-corrected chi connectivity index (χ3v) is 2.54. The van der Waals surface area contributed by atoms with Crippen LogP contribution in [0.2, 0.25) is 0 Å².